The number of carbonyl (C=O) groups excluding carboxylic acids is 1. The van der Waals surface area contributed by atoms with Crippen LogP contribution in [-0.2, 0) is 48.2 Å². The largest absolute Gasteiger partial charge is 0.542 e. The maximum atomic E-state index is 10.1. The molecule has 0 saturated heterocycles. The molecule has 0 aromatic rings. The van der Waals surface area contributed by atoms with Crippen LogP contribution in [0.2, 0.25) is 0 Å². The third-order valence-corrected chi connectivity index (χ3v) is 1.57. The molecule has 0 aliphatic carbocycles. The molecule has 0 saturated carbocycles. The molecular formula is C8H15OTi2-. The SMILES string of the molecule is CCCCC([C-]=O)CC.[Ti].[Ti]. The Morgan fingerprint density at radius 3 is 2.09 bits per heavy atom. The van der Waals surface area contributed by atoms with Crippen molar-refractivity contribution >= 4 is 6.29 Å². The summed E-state index contributed by atoms with van der Waals surface area (Å²) in [6.07, 6.45) is 6.35. The first-order chi connectivity index (χ1) is 4.35. The summed E-state index contributed by atoms with van der Waals surface area (Å²) < 4.78 is 0. The molecule has 0 rings (SSSR count). The Morgan fingerprint density at radius 1 is 1.27 bits per heavy atom. The first kappa shape index (κ1) is 18.0. The standard InChI is InChI=1S/C8H15O.2Ti/c1-3-5-6-8(4-2)7-9;;/h8H,3-6H2,1-2H3;;/q-1;;. The van der Waals surface area contributed by atoms with Crippen LogP contribution in [0.15, 0.2) is 0 Å². The Bertz CT molecular complexity index is 76.5. The minimum Gasteiger partial charge on any atom is -0.542 e. The van der Waals surface area contributed by atoms with E-state index in [9.17, 15) is 4.79 Å². The molecule has 0 radical (unpaired) electrons. The second-order valence-corrected chi connectivity index (χ2v) is 2.37. The fourth-order valence-corrected chi connectivity index (χ4v) is 0.797. The van der Waals surface area contributed by atoms with Crippen molar-refractivity contribution in [3.05, 3.63) is 0 Å². The molecule has 0 bridgehead atoms. The van der Waals surface area contributed by atoms with Crippen LogP contribution in [0.3, 0.4) is 0 Å². The monoisotopic (exact) mass is 223 g/mol. The van der Waals surface area contributed by atoms with E-state index >= 15 is 0 Å². The summed E-state index contributed by atoms with van der Waals surface area (Å²) in [5.74, 6) is 0.199. The van der Waals surface area contributed by atoms with Crippen LogP contribution in [0.25, 0.3) is 0 Å². The summed E-state index contributed by atoms with van der Waals surface area (Å²) in [5.41, 5.74) is 0. The average molecular weight is 223 g/mol. The Balaban J connectivity index is -0.000000320. The van der Waals surface area contributed by atoms with Crippen LogP contribution in [0.5, 0.6) is 0 Å². The molecule has 0 aromatic carbocycles. The van der Waals surface area contributed by atoms with E-state index in [0.717, 1.165) is 19.3 Å². The van der Waals surface area contributed by atoms with E-state index in [4.69, 9.17) is 0 Å². The van der Waals surface area contributed by atoms with E-state index in [2.05, 4.69) is 6.92 Å². The van der Waals surface area contributed by atoms with E-state index in [1.165, 1.54) is 6.42 Å². The van der Waals surface area contributed by atoms with Crippen molar-refractivity contribution in [1.29, 1.82) is 0 Å². The molecular weight excluding hydrogens is 208 g/mol. The maximum Gasteiger partial charge on any atom is 0 e. The van der Waals surface area contributed by atoms with Crippen molar-refractivity contribution in [3.63, 3.8) is 0 Å². The van der Waals surface area contributed by atoms with Crippen molar-refractivity contribution in [2.45, 2.75) is 39.5 Å². The van der Waals surface area contributed by atoms with Gasteiger partial charge in [0.1, 0.15) is 0 Å². The summed E-state index contributed by atoms with van der Waals surface area (Å²) in [5, 5.41) is 0. The minimum atomic E-state index is 0. The molecule has 11 heavy (non-hydrogen) atoms. The number of hydrogen-bond donors (Lipinski definition) is 0. The van der Waals surface area contributed by atoms with Gasteiger partial charge in [-0.15, -0.1) is 5.92 Å². The van der Waals surface area contributed by atoms with Gasteiger partial charge in [0.05, 0.1) is 0 Å². The molecule has 1 unspecified atom stereocenters. The van der Waals surface area contributed by atoms with Gasteiger partial charge in [-0.05, 0) is 0 Å². The number of unbranched alkanes of at least 4 members (excludes halogenated alkanes) is 1. The molecule has 1 nitrogen and oxygen atoms in total. The van der Waals surface area contributed by atoms with Gasteiger partial charge in [0.25, 0.3) is 0 Å². The van der Waals surface area contributed by atoms with E-state index in [1.54, 1.807) is 0 Å². The fourth-order valence-electron chi connectivity index (χ4n) is 0.797. The Hall–Kier alpha value is 1.10. The van der Waals surface area contributed by atoms with E-state index in [0.29, 0.717) is 0 Å². The Morgan fingerprint density at radius 2 is 1.82 bits per heavy atom. The summed E-state index contributed by atoms with van der Waals surface area (Å²) in [4.78, 5) is 10.1. The number of rotatable bonds is 5. The zero-order valence-electron chi connectivity index (χ0n) is 7.31. The smallest absolute Gasteiger partial charge is 0 e. The van der Waals surface area contributed by atoms with Crippen LogP contribution in [0.1, 0.15) is 39.5 Å². The Kier molecular flexibility index (Phi) is 22.4. The second-order valence-electron chi connectivity index (χ2n) is 2.37. The average Bonchev–Trinajstić information content (AvgIpc) is 1.91. The van der Waals surface area contributed by atoms with Crippen molar-refractivity contribution in [3.8, 4) is 0 Å². The molecule has 0 N–H and O–H groups in total. The summed E-state index contributed by atoms with van der Waals surface area (Å²) in [7, 11) is 0. The van der Waals surface area contributed by atoms with E-state index in [-0.39, 0.29) is 49.4 Å². The molecule has 0 aromatic heterocycles. The van der Waals surface area contributed by atoms with Crippen molar-refractivity contribution in [2.24, 2.45) is 5.92 Å². The molecule has 62 valence electrons. The van der Waals surface area contributed by atoms with Crippen molar-refractivity contribution in [2.75, 3.05) is 0 Å². The molecule has 0 fully saturated rings. The molecule has 0 aliphatic rings. The summed E-state index contributed by atoms with van der Waals surface area (Å²) in [6.45, 7) is 4.17. The quantitative estimate of drug-likeness (QED) is 0.516. The third kappa shape index (κ3) is 11.1. The predicted octanol–water partition coefficient (Wildman–Crippen LogP) is 2.31. The topological polar surface area (TPSA) is 17.1 Å². The second kappa shape index (κ2) is 13.7. The van der Waals surface area contributed by atoms with Gasteiger partial charge in [0.2, 0.25) is 0 Å². The van der Waals surface area contributed by atoms with Crippen LogP contribution < -0.4 is 0 Å². The van der Waals surface area contributed by atoms with Crippen molar-refractivity contribution in [1.82, 2.24) is 0 Å². The zero-order chi connectivity index (χ0) is 7.11. The summed E-state index contributed by atoms with van der Waals surface area (Å²) >= 11 is 0. The predicted molar refractivity (Wildman–Crippen MR) is 39.0 cm³/mol. The first-order valence-corrected chi connectivity index (χ1v) is 3.72. The van der Waals surface area contributed by atoms with Crippen LogP contribution in [0, 0.1) is 5.92 Å². The van der Waals surface area contributed by atoms with E-state index < -0.39 is 0 Å². The van der Waals surface area contributed by atoms with Gasteiger partial charge >= 0.3 is 0 Å². The van der Waals surface area contributed by atoms with Crippen molar-refractivity contribution < 1.29 is 48.2 Å². The Labute approximate surface area is 99.5 Å². The van der Waals surface area contributed by atoms with E-state index in [1.807, 2.05) is 13.2 Å². The molecule has 1 atom stereocenters. The summed E-state index contributed by atoms with van der Waals surface area (Å²) in [6, 6.07) is 0. The molecule has 3 heteroatoms. The molecule has 0 amide bonds. The molecule has 0 aliphatic heterocycles. The number of hydrogen-bond acceptors (Lipinski definition) is 1. The van der Waals surface area contributed by atoms with Crippen LogP contribution >= 0.6 is 0 Å². The minimum absolute atomic E-state index is 0. The maximum absolute atomic E-state index is 10.1. The fraction of sp³-hybridized carbons (Fsp3) is 0.875. The zero-order valence-corrected chi connectivity index (χ0v) is 10.4. The van der Waals surface area contributed by atoms with Crippen LogP contribution in [-0.4, -0.2) is 6.29 Å². The normalized spacial score (nSPS) is 10.7. The van der Waals surface area contributed by atoms with Gasteiger partial charge in [-0.25, -0.2) is 0 Å². The van der Waals surface area contributed by atoms with Gasteiger partial charge in [-0.2, -0.15) is 0 Å². The van der Waals surface area contributed by atoms with Gasteiger partial charge in [-0.1, -0.05) is 39.5 Å². The van der Waals surface area contributed by atoms with Gasteiger partial charge in [0, 0.05) is 43.4 Å². The third-order valence-electron chi connectivity index (χ3n) is 1.57. The van der Waals surface area contributed by atoms with Crippen LogP contribution in [0.4, 0.5) is 0 Å². The first-order valence-electron chi connectivity index (χ1n) is 3.72. The molecule has 0 heterocycles. The molecule has 0 spiro atoms. The van der Waals surface area contributed by atoms with Gasteiger partial charge in [0.15, 0.2) is 0 Å². The van der Waals surface area contributed by atoms with Gasteiger partial charge < -0.3 is 4.79 Å². The van der Waals surface area contributed by atoms with Gasteiger partial charge in [-0.3, -0.25) is 6.29 Å².